The molecule has 0 aromatic rings. The Bertz CT molecular complexity index is 193. The lowest BCUT2D eigenvalue weighted by Crippen LogP contribution is -2.42. The van der Waals surface area contributed by atoms with E-state index in [1.54, 1.807) is 0 Å². The van der Waals surface area contributed by atoms with Gasteiger partial charge in [0.15, 0.2) is 0 Å². The van der Waals surface area contributed by atoms with Crippen molar-refractivity contribution in [3.05, 3.63) is 0 Å². The molecule has 2 fully saturated rings. The Morgan fingerprint density at radius 1 is 1.21 bits per heavy atom. The molecule has 0 aromatic heterocycles. The first-order valence-corrected chi connectivity index (χ1v) is 6.35. The average Bonchev–Trinajstić information content (AvgIpc) is 2.87. The van der Waals surface area contributed by atoms with Gasteiger partial charge in [0.05, 0.1) is 0 Å². The molecule has 0 spiro atoms. The molecule has 2 unspecified atom stereocenters. The zero-order valence-electron chi connectivity index (χ0n) is 9.76. The smallest absolute Gasteiger partial charge is 0.00748 e. The topological polar surface area (TPSA) is 26.0 Å². The molecule has 2 N–H and O–H groups in total. The molecule has 82 valence electrons. The van der Waals surface area contributed by atoms with Gasteiger partial charge >= 0.3 is 0 Å². The van der Waals surface area contributed by atoms with Crippen molar-refractivity contribution in [2.45, 2.75) is 64.8 Å². The zero-order chi connectivity index (χ0) is 10.2. The molecule has 2 rings (SSSR count). The maximum absolute atomic E-state index is 6.36. The lowest BCUT2D eigenvalue weighted by atomic mass is 9.65. The summed E-state index contributed by atoms with van der Waals surface area (Å²) in [5.41, 5.74) is 6.87. The number of rotatable bonds is 3. The van der Waals surface area contributed by atoms with E-state index in [2.05, 4.69) is 13.8 Å². The Labute approximate surface area is 88.4 Å². The van der Waals surface area contributed by atoms with Gasteiger partial charge in [-0.3, -0.25) is 0 Å². The van der Waals surface area contributed by atoms with E-state index in [0.29, 0.717) is 11.5 Å². The summed E-state index contributed by atoms with van der Waals surface area (Å²) in [6.45, 7) is 4.84. The van der Waals surface area contributed by atoms with Crippen LogP contribution < -0.4 is 5.73 Å². The number of hydrogen-bond donors (Lipinski definition) is 1. The van der Waals surface area contributed by atoms with Crippen LogP contribution in [0.4, 0.5) is 0 Å². The molecule has 0 saturated heterocycles. The second-order valence-corrected chi connectivity index (χ2v) is 6.18. The minimum atomic E-state index is 0.484. The van der Waals surface area contributed by atoms with Gasteiger partial charge in [0, 0.05) is 6.04 Å². The molecule has 0 heterocycles. The predicted molar refractivity (Wildman–Crippen MR) is 61.1 cm³/mol. The Morgan fingerprint density at radius 3 is 2.50 bits per heavy atom. The zero-order valence-corrected chi connectivity index (χ0v) is 9.76. The molecule has 0 aromatic carbocycles. The van der Waals surface area contributed by atoms with Crippen molar-refractivity contribution in [1.29, 1.82) is 0 Å². The lowest BCUT2D eigenvalue weighted by Gasteiger charge is -2.42. The van der Waals surface area contributed by atoms with E-state index in [1.165, 1.54) is 44.9 Å². The summed E-state index contributed by atoms with van der Waals surface area (Å²) in [5, 5.41) is 0. The van der Waals surface area contributed by atoms with Gasteiger partial charge in [0.2, 0.25) is 0 Å². The van der Waals surface area contributed by atoms with Gasteiger partial charge in [0.1, 0.15) is 0 Å². The number of nitrogens with two attached hydrogens (primary N) is 1. The quantitative estimate of drug-likeness (QED) is 0.734. The highest BCUT2D eigenvalue weighted by atomic mass is 14.7. The van der Waals surface area contributed by atoms with Crippen LogP contribution in [0.5, 0.6) is 0 Å². The highest BCUT2D eigenvalue weighted by Crippen LogP contribution is 2.44. The normalized spacial score (nSPS) is 34.1. The predicted octanol–water partition coefficient (Wildman–Crippen LogP) is 3.33. The van der Waals surface area contributed by atoms with Crippen molar-refractivity contribution in [2.75, 3.05) is 0 Å². The molecule has 2 aliphatic rings. The summed E-state index contributed by atoms with van der Waals surface area (Å²) in [7, 11) is 0. The summed E-state index contributed by atoms with van der Waals surface area (Å²) in [5.74, 6) is 1.78. The van der Waals surface area contributed by atoms with Gasteiger partial charge in [-0.2, -0.15) is 0 Å². The second kappa shape index (κ2) is 3.84. The third-order valence-corrected chi connectivity index (χ3v) is 4.41. The molecule has 0 aliphatic heterocycles. The molecule has 2 aliphatic carbocycles. The van der Waals surface area contributed by atoms with E-state index in [9.17, 15) is 0 Å². The summed E-state index contributed by atoms with van der Waals surface area (Å²) < 4.78 is 0. The average molecular weight is 195 g/mol. The van der Waals surface area contributed by atoms with Crippen molar-refractivity contribution in [3.63, 3.8) is 0 Å². The highest BCUT2D eigenvalue weighted by molar-refractivity contribution is 4.91. The molecular formula is C13H25N. The first kappa shape index (κ1) is 10.5. The van der Waals surface area contributed by atoms with Crippen LogP contribution in [0.1, 0.15) is 58.8 Å². The van der Waals surface area contributed by atoms with Crippen molar-refractivity contribution in [1.82, 2.24) is 0 Å². The van der Waals surface area contributed by atoms with Crippen LogP contribution in [0.2, 0.25) is 0 Å². The van der Waals surface area contributed by atoms with Gasteiger partial charge in [-0.25, -0.2) is 0 Å². The fourth-order valence-electron chi connectivity index (χ4n) is 3.22. The third-order valence-electron chi connectivity index (χ3n) is 4.41. The van der Waals surface area contributed by atoms with Gasteiger partial charge in [-0.15, -0.1) is 0 Å². The summed E-state index contributed by atoms with van der Waals surface area (Å²) in [6, 6.07) is 0.484. The van der Waals surface area contributed by atoms with Gasteiger partial charge in [0.25, 0.3) is 0 Å². The Kier molecular flexibility index (Phi) is 2.88. The van der Waals surface area contributed by atoms with Crippen LogP contribution in [-0.2, 0) is 0 Å². The fourth-order valence-corrected chi connectivity index (χ4v) is 3.22. The molecule has 0 radical (unpaired) electrons. The van der Waals surface area contributed by atoms with Crippen LogP contribution in [0.25, 0.3) is 0 Å². The van der Waals surface area contributed by atoms with E-state index >= 15 is 0 Å². The summed E-state index contributed by atoms with van der Waals surface area (Å²) >= 11 is 0. The Morgan fingerprint density at radius 2 is 1.93 bits per heavy atom. The molecule has 1 heteroatoms. The first-order chi connectivity index (χ1) is 6.59. The van der Waals surface area contributed by atoms with Crippen LogP contribution in [0, 0.1) is 17.3 Å². The first-order valence-electron chi connectivity index (χ1n) is 6.35. The third kappa shape index (κ3) is 2.31. The van der Waals surface area contributed by atoms with E-state index in [1.807, 2.05) is 0 Å². The molecular weight excluding hydrogens is 170 g/mol. The SMILES string of the molecule is CC1(C)CCCCC1C(N)CC1CC1. The van der Waals surface area contributed by atoms with Gasteiger partial charge < -0.3 is 5.73 Å². The monoisotopic (exact) mass is 195 g/mol. The molecule has 1 nitrogen and oxygen atoms in total. The van der Waals surface area contributed by atoms with Crippen molar-refractivity contribution in [3.8, 4) is 0 Å². The highest BCUT2D eigenvalue weighted by Gasteiger charge is 2.37. The molecule has 2 atom stereocenters. The molecule has 0 bridgehead atoms. The standard InChI is InChI=1S/C13H25N/c1-13(2)8-4-3-5-11(13)12(14)9-10-6-7-10/h10-12H,3-9,14H2,1-2H3. The van der Waals surface area contributed by atoms with E-state index in [0.717, 1.165) is 11.8 Å². The minimum Gasteiger partial charge on any atom is -0.327 e. The molecule has 14 heavy (non-hydrogen) atoms. The van der Waals surface area contributed by atoms with Crippen molar-refractivity contribution in [2.24, 2.45) is 23.0 Å². The Balaban J connectivity index is 1.91. The largest absolute Gasteiger partial charge is 0.327 e. The van der Waals surface area contributed by atoms with Crippen molar-refractivity contribution >= 4 is 0 Å². The number of hydrogen-bond acceptors (Lipinski definition) is 1. The van der Waals surface area contributed by atoms with Gasteiger partial charge in [-0.1, -0.05) is 39.5 Å². The van der Waals surface area contributed by atoms with E-state index in [-0.39, 0.29) is 0 Å². The van der Waals surface area contributed by atoms with Crippen LogP contribution in [0.15, 0.2) is 0 Å². The lowest BCUT2D eigenvalue weighted by molar-refractivity contribution is 0.107. The maximum atomic E-state index is 6.36. The maximum Gasteiger partial charge on any atom is 0.00748 e. The van der Waals surface area contributed by atoms with E-state index < -0.39 is 0 Å². The fraction of sp³-hybridized carbons (Fsp3) is 1.00. The van der Waals surface area contributed by atoms with Gasteiger partial charge in [-0.05, 0) is 36.5 Å². The summed E-state index contributed by atoms with van der Waals surface area (Å²) in [6.07, 6.45) is 9.78. The minimum absolute atomic E-state index is 0.484. The van der Waals surface area contributed by atoms with Crippen molar-refractivity contribution < 1.29 is 0 Å². The Hall–Kier alpha value is -0.0400. The second-order valence-electron chi connectivity index (χ2n) is 6.18. The summed E-state index contributed by atoms with van der Waals surface area (Å²) in [4.78, 5) is 0. The van der Waals surface area contributed by atoms with E-state index in [4.69, 9.17) is 5.73 Å². The van der Waals surface area contributed by atoms with Crippen LogP contribution in [-0.4, -0.2) is 6.04 Å². The van der Waals surface area contributed by atoms with Crippen LogP contribution >= 0.6 is 0 Å². The van der Waals surface area contributed by atoms with Crippen LogP contribution in [0.3, 0.4) is 0 Å². The molecule has 2 saturated carbocycles. The molecule has 0 amide bonds.